The zero-order valence-electron chi connectivity index (χ0n) is 17.0. The number of fused-ring (bicyclic) bond motifs is 1. The minimum atomic E-state index is -0.258. The smallest absolute Gasteiger partial charge is 0.265 e. The molecular formula is C23H23N3O3S. The number of benzene rings is 2. The Hall–Kier alpha value is -3.19. The van der Waals surface area contributed by atoms with Crippen molar-refractivity contribution < 1.29 is 14.3 Å². The number of aryl methyl sites for hydroxylation is 2. The van der Waals surface area contributed by atoms with Crippen molar-refractivity contribution in [1.82, 2.24) is 4.98 Å². The zero-order valence-corrected chi connectivity index (χ0v) is 17.8. The number of thiazole rings is 1. The molecule has 2 amide bonds. The molecule has 1 N–H and O–H groups in total. The molecule has 0 atom stereocenters. The molecule has 0 radical (unpaired) electrons. The van der Waals surface area contributed by atoms with Gasteiger partial charge in [-0.1, -0.05) is 19.1 Å². The second-order valence-corrected chi connectivity index (χ2v) is 8.19. The lowest BCUT2D eigenvalue weighted by Gasteiger charge is -2.29. The Morgan fingerprint density at radius 2 is 2.13 bits per heavy atom. The van der Waals surface area contributed by atoms with Gasteiger partial charge in [0.15, 0.2) is 6.61 Å². The highest BCUT2D eigenvalue weighted by atomic mass is 32.1. The van der Waals surface area contributed by atoms with Gasteiger partial charge in [-0.25, -0.2) is 4.98 Å². The molecule has 0 unspecified atom stereocenters. The summed E-state index contributed by atoms with van der Waals surface area (Å²) in [7, 11) is 0. The molecule has 3 aromatic rings. The van der Waals surface area contributed by atoms with E-state index in [1.165, 1.54) is 4.90 Å². The highest BCUT2D eigenvalue weighted by Gasteiger charge is 2.28. The molecule has 6 nitrogen and oxygen atoms in total. The number of rotatable bonds is 6. The summed E-state index contributed by atoms with van der Waals surface area (Å²) >= 11 is 1.63. The molecule has 0 bridgehead atoms. The summed E-state index contributed by atoms with van der Waals surface area (Å²) in [6.07, 6.45) is 1.99. The molecule has 30 heavy (non-hydrogen) atoms. The van der Waals surface area contributed by atoms with Gasteiger partial charge in [-0.05, 0) is 55.7 Å². The highest BCUT2D eigenvalue weighted by Crippen LogP contribution is 2.36. The lowest BCUT2D eigenvalue weighted by Crippen LogP contribution is -2.43. The molecule has 2 heterocycles. The van der Waals surface area contributed by atoms with Gasteiger partial charge < -0.3 is 10.1 Å². The molecule has 1 aromatic heterocycles. The molecule has 2 aromatic carbocycles. The maximum absolute atomic E-state index is 12.6. The summed E-state index contributed by atoms with van der Waals surface area (Å²) in [5.74, 6) is 0.0841. The molecule has 0 fully saturated rings. The summed E-state index contributed by atoms with van der Waals surface area (Å²) in [6, 6.07) is 13.2. The number of hydrogen-bond donors (Lipinski definition) is 1. The standard InChI is InChI=1S/C23H23N3O3S/c1-3-5-22-25-18(14-30-22)16-8-9-20-19(11-16)26(23(28)13-29-20)12-21(27)24-17-7-4-6-15(2)10-17/h4,6-11,14H,3,5,12-13H2,1-2H3,(H,24,27). The Morgan fingerprint density at radius 3 is 2.93 bits per heavy atom. The van der Waals surface area contributed by atoms with E-state index in [-0.39, 0.29) is 25.0 Å². The van der Waals surface area contributed by atoms with E-state index in [0.717, 1.165) is 34.7 Å². The third-order valence-corrected chi connectivity index (χ3v) is 5.73. The van der Waals surface area contributed by atoms with Crippen molar-refractivity contribution in [3.8, 4) is 17.0 Å². The average molecular weight is 422 g/mol. The van der Waals surface area contributed by atoms with E-state index in [1.54, 1.807) is 11.3 Å². The molecular weight excluding hydrogens is 398 g/mol. The van der Waals surface area contributed by atoms with E-state index in [9.17, 15) is 9.59 Å². The summed E-state index contributed by atoms with van der Waals surface area (Å²) in [5, 5.41) is 5.97. The SMILES string of the molecule is CCCc1nc(-c2ccc3c(c2)N(CC(=O)Nc2cccc(C)c2)C(=O)CO3)cs1. The van der Waals surface area contributed by atoms with Crippen LogP contribution in [0.3, 0.4) is 0 Å². The lowest BCUT2D eigenvalue weighted by atomic mass is 10.1. The van der Waals surface area contributed by atoms with E-state index in [2.05, 4.69) is 17.2 Å². The van der Waals surface area contributed by atoms with Crippen LogP contribution >= 0.6 is 11.3 Å². The maximum atomic E-state index is 12.6. The van der Waals surface area contributed by atoms with Crippen molar-refractivity contribution in [3.05, 3.63) is 58.4 Å². The molecule has 0 saturated carbocycles. The number of nitrogens with one attached hydrogen (secondary N) is 1. The fourth-order valence-corrected chi connectivity index (χ4v) is 4.28. The minimum Gasteiger partial charge on any atom is -0.482 e. The molecule has 154 valence electrons. The Bertz CT molecular complexity index is 1090. The van der Waals surface area contributed by atoms with Crippen LogP contribution in [-0.2, 0) is 16.0 Å². The predicted octanol–water partition coefficient (Wildman–Crippen LogP) is 4.44. The Kier molecular flexibility index (Phi) is 5.81. The first-order valence-corrected chi connectivity index (χ1v) is 10.8. The number of aromatic nitrogens is 1. The zero-order chi connectivity index (χ0) is 21.1. The number of ether oxygens (including phenoxy) is 1. The number of anilines is 2. The van der Waals surface area contributed by atoms with Crippen LogP contribution in [0.25, 0.3) is 11.3 Å². The molecule has 0 spiro atoms. The van der Waals surface area contributed by atoms with Crippen molar-refractivity contribution in [2.45, 2.75) is 26.7 Å². The fourth-order valence-electron chi connectivity index (χ4n) is 3.37. The molecule has 0 saturated heterocycles. The summed E-state index contributed by atoms with van der Waals surface area (Å²) < 4.78 is 5.58. The van der Waals surface area contributed by atoms with Gasteiger partial charge in [0.1, 0.15) is 12.3 Å². The largest absolute Gasteiger partial charge is 0.482 e. The van der Waals surface area contributed by atoms with E-state index >= 15 is 0 Å². The van der Waals surface area contributed by atoms with E-state index in [1.807, 2.05) is 54.8 Å². The molecule has 1 aliphatic heterocycles. The van der Waals surface area contributed by atoms with Crippen LogP contribution in [0.1, 0.15) is 23.9 Å². The van der Waals surface area contributed by atoms with Gasteiger partial charge in [0.25, 0.3) is 5.91 Å². The first-order valence-electron chi connectivity index (χ1n) is 9.92. The van der Waals surface area contributed by atoms with Crippen molar-refractivity contribution in [2.75, 3.05) is 23.4 Å². The fraction of sp³-hybridized carbons (Fsp3) is 0.261. The summed E-state index contributed by atoms with van der Waals surface area (Å²) in [5.41, 5.74) is 4.12. The van der Waals surface area contributed by atoms with Crippen molar-refractivity contribution in [2.24, 2.45) is 0 Å². The second-order valence-electron chi connectivity index (χ2n) is 7.25. The predicted molar refractivity (Wildman–Crippen MR) is 119 cm³/mol. The van der Waals surface area contributed by atoms with E-state index in [0.29, 0.717) is 17.1 Å². The van der Waals surface area contributed by atoms with Gasteiger partial charge >= 0.3 is 0 Å². The minimum absolute atomic E-state index is 0.0786. The van der Waals surface area contributed by atoms with Gasteiger partial charge in [-0.2, -0.15) is 0 Å². The number of carbonyl (C=O) groups excluding carboxylic acids is 2. The monoisotopic (exact) mass is 421 g/mol. The summed E-state index contributed by atoms with van der Waals surface area (Å²) in [4.78, 5) is 31.3. The van der Waals surface area contributed by atoms with E-state index in [4.69, 9.17) is 4.74 Å². The molecule has 4 rings (SSSR count). The van der Waals surface area contributed by atoms with Gasteiger partial charge in [-0.3, -0.25) is 14.5 Å². The van der Waals surface area contributed by atoms with Crippen LogP contribution in [0.4, 0.5) is 11.4 Å². The second kappa shape index (κ2) is 8.67. The summed E-state index contributed by atoms with van der Waals surface area (Å²) in [6.45, 7) is 3.93. The van der Waals surface area contributed by atoms with Crippen molar-refractivity contribution in [1.29, 1.82) is 0 Å². The first-order chi connectivity index (χ1) is 14.5. The average Bonchev–Trinajstić information content (AvgIpc) is 3.19. The lowest BCUT2D eigenvalue weighted by molar-refractivity contribution is -0.123. The number of hydrogen-bond acceptors (Lipinski definition) is 5. The quantitative estimate of drug-likeness (QED) is 0.639. The van der Waals surface area contributed by atoms with Crippen LogP contribution < -0.4 is 15.0 Å². The first kappa shape index (κ1) is 20.1. The Labute approximate surface area is 179 Å². The van der Waals surface area contributed by atoms with Gasteiger partial charge in [0.05, 0.1) is 16.4 Å². The molecule has 7 heteroatoms. The van der Waals surface area contributed by atoms with Gasteiger partial charge in [-0.15, -0.1) is 11.3 Å². The van der Waals surface area contributed by atoms with Crippen LogP contribution in [0.15, 0.2) is 47.8 Å². The molecule has 1 aliphatic rings. The third-order valence-electron chi connectivity index (χ3n) is 4.82. The Morgan fingerprint density at radius 1 is 1.27 bits per heavy atom. The highest BCUT2D eigenvalue weighted by molar-refractivity contribution is 7.09. The van der Waals surface area contributed by atoms with Crippen LogP contribution in [-0.4, -0.2) is 29.9 Å². The Balaban J connectivity index is 1.57. The van der Waals surface area contributed by atoms with Crippen LogP contribution in [0, 0.1) is 6.92 Å². The number of carbonyl (C=O) groups is 2. The van der Waals surface area contributed by atoms with Crippen LogP contribution in [0.5, 0.6) is 5.75 Å². The van der Waals surface area contributed by atoms with Crippen LogP contribution in [0.2, 0.25) is 0 Å². The van der Waals surface area contributed by atoms with Gasteiger partial charge in [0, 0.05) is 16.6 Å². The number of amides is 2. The van der Waals surface area contributed by atoms with E-state index < -0.39 is 0 Å². The van der Waals surface area contributed by atoms with Gasteiger partial charge in [0.2, 0.25) is 5.91 Å². The van der Waals surface area contributed by atoms with Crippen molar-refractivity contribution in [3.63, 3.8) is 0 Å². The van der Waals surface area contributed by atoms with Crippen molar-refractivity contribution >= 4 is 34.5 Å². The maximum Gasteiger partial charge on any atom is 0.265 e. The number of nitrogens with zero attached hydrogens (tertiary/aromatic N) is 2. The topological polar surface area (TPSA) is 71.5 Å². The normalized spacial score (nSPS) is 13.0. The molecule has 0 aliphatic carbocycles. The third kappa shape index (κ3) is 4.36.